The van der Waals surface area contributed by atoms with E-state index in [0.29, 0.717) is 11.4 Å². The fourth-order valence-electron chi connectivity index (χ4n) is 1.77. The van der Waals surface area contributed by atoms with Crippen molar-refractivity contribution < 1.29 is 14.3 Å². The third-order valence-corrected chi connectivity index (χ3v) is 4.55. The van der Waals surface area contributed by atoms with Gasteiger partial charge in [-0.3, -0.25) is 9.69 Å². The molecule has 1 aromatic carbocycles. The first kappa shape index (κ1) is 17.2. The number of methoxy groups -OCH3 is 1. The van der Waals surface area contributed by atoms with E-state index in [2.05, 4.69) is 26.0 Å². The zero-order chi connectivity index (χ0) is 16.8. The highest BCUT2D eigenvalue weighted by atomic mass is 79.9. The van der Waals surface area contributed by atoms with E-state index in [1.54, 1.807) is 48.7 Å². The number of halogens is 1. The highest BCUT2D eigenvalue weighted by Crippen LogP contribution is 2.23. The first-order chi connectivity index (χ1) is 11.0. The number of anilines is 2. The van der Waals surface area contributed by atoms with Gasteiger partial charge in [-0.15, -0.1) is 11.3 Å². The average Bonchev–Trinajstić information content (AvgIpc) is 2.97. The molecule has 0 fully saturated rings. The summed E-state index contributed by atoms with van der Waals surface area (Å²) in [4.78, 5) is 25.7. The Bertz CT molecular complexity index is 725. The van der Waals surface area contributed by atoms with Crippen LogP contribution < -0.4 is 10.2 Å². The van der Waals surface area contributed by atoms with Gasteiger partial charge in [0.15, 0.2) is 0 Å². The van der Waals surface area contributed by atoms with Gasteiger partial charge in [0.1, 0.15) is 0 Å². The van der Waals surface area contributed by atoms with E-state index in [1.165, 1.54) is 18.1 Å². The molecule has 0 aliphatic carbocycles. The lowest BCUT2D eigenvalue weighted by molar-refractivity contribution is -0.111. The van der Waals surface area contributed by atoms with Crippen LogP contribution in [0.15, 0.2) is 46.3 Å². The van der Waals surface area contributed by atoms with Crippen LogP contribution in [-0.4, -0.2) is 26.2 Å². The first-order valence-corrected chi connectivity index (χ1v) is 8.26. The Morgan fingerprint density at radius 2 is 1.91 bits per heavy atom. The predicted octanol–water partition coefficient (Wildman–Crippen LogP) is 4.37. The number of amides is 2. The molecule has 0 bridgehead atoms. The lowest BCUT2D eigenvalue weighted by Crippen LogP contribution is -2.25. The number of thiophene rings is 1. The molecular weight excluding hydrogens is 380 g/mol. The topological polar surface area (TPSA) is 58.6 Å². The highest BCUT2D eigenvalue weighted by Gasteiger charge is 2.10. The molecule has 2 aromatic rings. The number of nitrogens with zero attached hydrogens (tertiary/aromatic N) is 1. The molecule has 23 heavy (non-hydrogen) atoms. The third kappa shape index (κ3) is 4.94. The van der Waals surface area contributed by atoms with Crippen LogP contribution >= 0.6 is 27.3 Å². The van der Waals surface area contributed by atoms with Crippen molar-refractivity contribution in [2.75, 3.05) is 24.4 Å². The molecule has 2 rings (SSSR count). The van der Waals surface area contributed by atoms with Gasteiger partial charge in [-0.25, -0.2) is 4.79 Å². The SMILES string of the molecule is COC(=O)N(C)c1ccc(NC(=O)C=Cc2ccc(Br)s2)cc1. The normalized spacial score (nSPS) is 10.6. The fraction of sp³-hybridized carbons (Fsp3) is 0.125. The fourth-order valence-corrected chi connectivity index (χ4v) is 3.10. The van der Waals surface area contributed by atoms with E-state index in [4.69, 9.17) is 0 Å². The minimum Gasteiger partial charge on any atom is -0.452 e. The van der Waals surface area contributed by atoms with Crippen molar-refractivity contribution in [1.29, 1.82) is 0 Å². The summed E-state index contributed by atoms with van der Waals surface area (Å²) in [6.07, 6.45) is 2.78. The van der Waals surface area contributed by atoms with Crippen molar-refractivity contribution >= 4 is 56.7 Å². The van der Waals surface area contributed by atoms with E-state index in [1.807, 2.05) is 12.1 Å². The number of nitrogens with one attached hydrogen (secondary N) is 1. The highest BCUT2D eigenvalue weighted by molar-refractivity contribution is 9.11. The summed E-state index contributed by atoms with van der Waals surface area (Å²) < 4.78 is 5.66. The molecule has 2 amide bonds. The number of carbonyl (C=O) groups is 2. The van der Waals surface area contributed by atoms with Crippen LogP contribution in [0.5, 0.6) is 0 Å². The Labute approximate surface area is 146 Å². The lowest BCUT2D eigenvalue weighted by atomic mass is 10.2. The second-order valence-corrected chi connectivity index (χ2v) is 7.03. The molecule has 0 radical (unpaired) electrons. The number of ether oxygens (including phenoxy) is 1. The quantitative estimate of drug-likeness (QED) is 0.783. The van der Waals surface area contributed by atoms with E-state index in [-0.39, 0.29) is 5.91 Å². The number of rotatable bonds is 4. The maximum absolute atomic E-state index is 11.9. The van der Waals surface area contributed by atoms with Gasteiger partial charge in [-0.05, 0) is 58.4 Å². The minimum atomic E-state index is -0.452. The molecular formula is C16H15BrN2O3S. The summed E-state index contributed by atoms with van der Waals surface area (Å²) in [5, 5.41) is 2.76. The Balaban J connectivity index is 1.96. The third-order valence-electron chi connectivity index (χ3n) is 2.96. The molecule has 0 unspecified atom stereocenters. The van der Waals surface area contributed by atoms with Crippen LogP contribution in [0.4, 0.5) is 16.2 Å². The van der Waals surface area contributed by atoms with Gasteiger partial charge in [-0.1, -0.05) is 0 Å². The van der Waals surface area contributed by atoms with Crippen LogP contribution in [0.3, 0.4) is 0 Å². The number of hydrogen-bond acceptors (Lipinski definition) is 4. The predicted molar refractivity (Wildman–Crippen MR) is 96.9 cm³/mol. The molecule has 0 saturated heterocycles. The van der Waals surface area contributed by atoms with Crippen molar-refractivity contribution in [1.82, 2.24) is 0 Å². The van der Waals surface area contributed by atoms with Gasteiger partial charge in [0.2, 0.25) is 5.91 Å². The van der Waals surface area contributed by atoms with E-state index in [0.717, 1.165) is 8.66 Å². The molecule has 7 heteroatoms. The van der Waals surface area contributed by atoms with Crippen LogP contribution in [0, 0.1) is 0 Å². The van der Waals surface area contributed by atoms with Gasteiger partial charge in [-0.2, -0.15) is 0 Å². The summed E-state index contributed by atoms with van der Waals surface area (Å²) in [6.45, 7) is 0. The molecule has 0 spiro atoms. The lowest BCUT2D eigenvalue weighted by Gasteiger charge is -2.15. The summed E-state index contributed by atoms with van der Waals surface area (Å²) in [6, 6.07) is 10.8. The first-order valence-electron chi connectivity index (χ1n) is 6.66. The molecule has 0 atom stereocenters. The molecule has 120 valence electrons. The molecule has 0 saturated carbocycles. The number of carbonyl (C=O) groups excluding carboxylic acids is 2. The second kappa shape index (κ2) is 7.94. The Morgan fingerprint density at radius 1 is 1.22 bits per heavy atom. The minimum absolute atomic E-state index is 0.219. The average molecular weight is 395 g/mol. The maximum atomic E-state index is 11.9. The summed E-state index contributed by atoms with van der Waals surface area (Å²) in [5.74, 6) is -0.219. The van der Waals surface area contributed by atoms with E-state index >= 15 is 0 Å². The van der Waals surface area contributed by atoms with Gasteiger partial charge >= 0.3 is 6.09 Å². The van der Waals surface area contributed by atoms with Crippen molar-refractivity contribution in [2.45, 2.75) is 0 Å². The molecule has 1 N–H and O–H groups in total. The van der Waals surface area contributed by atoms with Crippen LogP contribution in [0.25, 0.3) is 6.08 Å². The van der Waals surface area contributed by atoms with Crippen molar-refractivity contribution in [2.24, 2.45) is 0 Å². The van der Waals surface area contributed by atoms with Gasteiger partial charge in [0.05, 0.1) is 10.9 Å². The molecule has 0 aliphatic heterocycles. The van der Waals surface area contributed by atoms with Crippen molar-refractivity contribution in [3.63, 3.8) is 0 Å². The van der Waals surface area contributed by atoms with Crippen molar-refractivity contribution in [3.05, 3.63) is 51.1 Å². The number of hydrogen-bond donors (Lipinski definition) is 1. The number of benzene rings is 1. The van der Waals surface area contributed by atoms with Crippen molar-refractivity contribution in [3.8, 4) is 0 Å². The van der Waals surface area contributed by atoms with Crippen LogP contribution in [0.2, 0.25) is 0 Å². The standard InChI is InChI=1S/C16H15BrN2O3S/c1-19(16(21)22-2)12-5-3-11(4-6-12)18-15(20)10-8-13-7-9-14(17)23-13/h3-10H,1-2H3,(H,18,20). The Hall–Kier alpha value is -2.12. The van der Waals surface area contributed by atoms with E-state index in [9.17, 15) is 9.59 Å². The van der Waals surface area contributed by atoms with Crippen LogP contribution in [-0.2, 0) is 9.53 Å². The van der Waals surface area contributed by atoms with Crippen LogP contribution in [0.1, 0.15) is 4.88 Å². The monoisotopic (exact) mass is 394 g/mol. The summed E-state index contributed by atoms with van der Waals surface area (Å²) in [7, 11) is 2.94. The molecule has 5 nitrogen and oxygen atoms in total. The van der Waals surface area contributed by atoms with Gasteiger partial charge in [0, 0.05) is 29.4 Å². The van der Waals surface area contributed by atoms with Gasteiger partial charge < -0.3 is 10.1 Å². The summed E-state index contributed by atoms with van der Waals surface area (Å²) in [5.41, 5.74) is 1.32. The second-order valence-electron chi connectivity index (χ2n) is 4.54. The zero-order valence-corrected chi connectivity index (χ0v) is 15.0. The largest absolute Gasteiger partial charge is 0.452 e. The maximum Gasteiger partial charge on any atom is 0.413 e. The Morgan fingerprint density at radius 3 is 2.48 bits per heavy atom. The Kier molecular flexibility index (Phi) is 5.95. The van der Waals surface area contributed by atoms with E-state index < -0.39 is 6.09 Å². The van der Waals surface area contributed by atoms with Gasteiger partial charge in [0.25, 0.3) is 0 Å². The zero-order valence-electron chi connectivity index (χ0n) is 12.6. The smallest absolute Gasteiger partial charge is 0.413 e. The molecule has 1 heterocycles. The summed E-state index contributed by atoms with van der Waals surface area (Å²) >= 11 is 4.92. The molecule has 1 aromatic heterocycles. The molecule has 0 aliphatic rings.